The van der Waals surface area contributed by atoms with Gasteiger partial charge in [0, 0.05) is 24.4 Å². The van der Waals surface area contributed by atoms with Crippen LogP contribution in [0, 0.1) is 6.92 Å². The second kappa shape index (κ2) is 5.24. The van der Waals surface area contributed by atoms with E-state index < -0.39 is 0 Å². The molecule has 1 rings (SSSR count). The summed E-state index contributed by atoms with van der Waals surface area (Å²) in [5, 5.41) is 0. The van der Waals surface area contributed by atoms with Crippen LogP contribution in [0.15, 0.2) is 18.5 Å². The number of methoxy groups -OCH3 is 1. The molecule has 0 atom stereocenters. The van der Waals surface area contributed by atoms with E-state index in [2.05, 4.69) is 9.72 Å². The first-order chi connectivity index (χ1) is 7.15. The third-order valence-corrected chi connectivity index (χ3v) is 2.12. The van der Waals surface area contributed by atoms with E-state index in [0.717, 1.165) is 5.56 Å². The minimum absolute atomic E-state index is 0.0778. The Hall–Kier alpha value is -1.71. The number of esters is 1. The lowest BCUT2D eigenvalue weighted by atomic mass is 10.0. The number of hydrogen-bond acceptors (Lipinski definition) is 4. The van der Waals surface area contributed by atoms with Gasteiger partial charge in [0.05, 0.1) is 13.5 Å². The highest BCUT2D eigenvalue weighted by Gasteiger charge is 2.11. The molecule has 0 fully saturated rings. The zero-order valence-corrected chi connectivity index (χ0v) is 8.82. The van der Waals surface area contributed by atoms with Gasteiger partial charge in [-0.2, -0.15) is 0 Å². The fourth-order valence-electron chi connectivity index (χ4n) is 1.21. The second-order valence-electron chi connectivity index (χ2n) is 3.19. The number of aromatic nitrogens is 1. The molecule has 0 N–H and O–H groups in total. The predicted molar refractivity (Wildman–Crippen MR) is 54.6 cm³/mol. The first-order valence-electron chi connectivity index (χ1n) is 4.65. The number of pyridine rings is 1. The zero-order valence-electron chi connectivity index (χ0n) is 8.82. The molecule has 1 aromatic heterocycles. The van der Waals surface area contributed by atoms with Crippen LogP contribution < -0.4 is 0 Å². The van der Waals surface area contributed by atoms with E-state index in [4.69, 9.17) is 0 Å². The molecular formula is C11H13NO3. The Labute approximate surface area is 88.3 Å². The zero-order chi connectivity index (χ0) is 11.3. The number of carbonyl (C=O) groups is 2. The number of carbonyl (C=O) groups excluding carboxylic acids is 2. The molecule has 0 bridgehead atoms. The van der Waals surface area contributed by atoms with E-state index in [0.29, 0.717) is 5.56 Å². The normalized spacial score (nSPS) is 9.73. The van der Waals surface area contributed by atoms with Crippen molar-refractivity contribution in [2.75, 3.05) is 7.11 Å². The van der Waals surface area contributed by atoms with E-state index in [-0.39, 0.29) is 24.6 Å². The van der Waals surface area contributed by atoms with Gasteiger partial charge in [-0.1, -0.05) is 0 Å². The summed E-state index contributed by atoms with van der Waals surface area (Å²) < 4.78 is 4.46. The fourth-order valence-corrected chi connectivity index (χ4v) is 1.21. The van der Waals surface area contributed by atoms with Gasteiger partial charge >= 0.3 is 5.97 Å². The Kier molecular flexibility index (Phi) is 3.97. The monoisotopic (exact) mass is 207 g/mol. The molecule has 0 amide bonds. The van der Waals surface area contributed by atoms with E-state index in [9.17, 15) is 9.59 Å². The summed E-state index contributed by atoms with van der Waals surface area (Å²) in [5.41, 5.74) is 1.45. The summed E-state index contributed by atoms with van der Waals surface area (Å²) in [7, 11) is 1.31. The van der Waals surface area contributed by atoms with Gasteiger partial charge in [-0.05, 0) is 18.6 Å². The van der Waals surface area contributed by atoms with Crippen LogP contribution in [-0.2, 0) is 9.53 Å². The lowest BCUT2D eigenvalue weighted by Crippen LogP contribution is -2.07. The average molecular weight is 207 g/mol. The molecule has 1 aromatic rings. The summed E-state index contributed by atoms with van der Waals surface area (Å²) in [4.78, 5) is 26.4. The quantitative estimate of drug-likeness (QED) is 0.555. The van der Waals surface area contributed by atoms with E-state index in [1.807, 2.05) is 6.92 Å². The van der Waals surface area contributed by atoms with Crippen molar-refractivity contribution in [2.45, 2.75) is 19.8 Å². The molecule has 0 aromatic carbocycles. The smallest absolute Gasteiger partial charge is 0.305 e. The highest BCUT2D eigenvalue weighted by molar-refractivity contribution is 5.98. The molecule has 0 radical (unpaired) electrons. The van der Waals surface area contributed by atoms with Gasteiger partial charge in [-0.3, -0.25) is 14.6 Å². The Balaban J connectivity index is 2.62. The van der Waals surface area contributed by atoms with Crippen molar-refractivity contribution in [3.63, 3.8) is 0 Å². The molecule has 4 nitrogen and oxygen atoms in total. The van der Waals surface area contributed by atoms with Crippen LogP contribution in [0.2, 0.25) is 0 Å². The van der Waals surface area contributed by atoms with Crippen LogP contribution >= 0.6 is 0 Å². The average Bonchev–Trinajstić information content (AvgIpc) is 2.26. The molecule has 15 heavy (non-hydrogen) atoms. The van der Waals surface area contributed by atoms with Crippen molar-refractivity contribution < 1.29 is 14.3 Å². The molecule has 0 spiro atoms. The van der Waals surface area contributed by atoms with E-state index >= 15 is 0 Å². The van der Waals surface area contributed by atoms with Crippen LogP contribution in [0.4, 0.5) is 0 Å². The number of ether oxygens (including phenoxy) is 1. The fraction of sp³-hybridized carbons (Fsp3) is 0.364. The maximum absolute atomic E-state index is 11.6. The van der Waals surface area contributed by atoms with Crippen LogP contribution in [0.5, 0.6) is 0 Å². The standard InChI is InChI=1S/C11H13NO3/c1-8-5-6-12-7-9(8)10(13)3-4-11(14)15-2/h5-7H,3-4H2,1-2H3. The summed E-state index contributed by atoms with van der Waals surface area (Å²) >= 11 is 0. The van der Waals surface area contributed by atoms with Crippen molar-refractivity contribution in [3.05, 3.63) is 29.6 Å². The van der Waals surface area contributed by atoms with E-state index in [1.54, 1.807) is 12.3 Å². The molecule has 0 unspecified atom stereocenters. The number of Topliss-reactive ketones (excluding diaryl/α,β-unsaturated/α-hetero) is 1. The Morgan fingerprint density at radius 3 is 2.73 bits per heavy atom. The number of nitrogens with zero attached hydrogens (tertiary/aromatic N) is 1. The lowest BCUT2D eigenvalue weighted by molar-refractivity contribution is -0.140. The molecule has 0 aliphatic rings. The summed E-state index contributed by atoms with van der Waals surface area (Å²) in [6.45, 7) is 1.84. The number of aryl methyl sites for hydroxylation is 1. The van der Waals surface area contributed by atoms with Gasteiger partial charge in [0.2, 0.25) is 0 Å². The highest BCUT2D eigenvalue weighted by Crippen LogP contribution is 2.09. The van der Waals surface area contributed by atoms with Gasteiger partial charge in [0.25, 0.3) is 0 Å². The highest BCUT2D eigenvalue weighted by atomic mass is 16.5. The molecule has 0 saturated heterocycles. The van der Waals surface area contributed by atoms with Gasteiger partial charge in [-0.15, -0.1) is 0 Å². The summed E-state index contributed by atoms with van der Waals surface area (Å²) in [6, 6.07) is 1.77. The van der Waals surface area contributed by atoms with Crippen molar-refractivity contribution in [1.29, 1.82) is 0 Å². The molecule has 80 valence electrons. The largest absolute Gasteiger partial charge is 0.469 e. The number of hydrogen-bond donors (Lipinski definition) is 0. The van der Waals surface area contributed by atoms with Gasteiger partial charge in [0.1, 0.15) is 0 Å². The third kappa shape index (κ3) is 3.16. The molecule has 0 aliphatic heterocycles. The van der Waals surface area contributed by atoms with Crippen LogP contribution in [0.1, 0.15) is 28.8 Å². The van der Waals surface area contributed by atoms with Crippen LogP contribution in [0.25, 0.3) is 0 Å². The minimum Gasteiger partial charge on any atom is -0.469 e. The summed E-state index contributed by atoms with van der Waals surface area (Å²) in [5.74, 6) is -0.448. The molecule has 1 heterocycles. The molecular weight excluding hydrogens is 194 g/mol. The number of rotatable bonds is 4. The first-order valence-corrected chi connectivity index (χ1v) is 4.65. The lowest BCUT2D eigenvalue weighted by Gasteiger charge is -2.02. The van der Waals surface area contributed by atoms with Gasteiger partial charge < -0.3 is 4.74 Å². The van der Waals surface area contributed by atoms with Crippen LogP contribution in [0.3, 0.4) is 0 Å². The van der Waals surface area contributed by atoms with Gasteiger partial charge in [-0.25, -0.2) is 0 Å². The Morgan fingerprint density at radius 2 is 2.13 bits per heavy atom. The first kappa shape index (κ1) is 11.4. The second-order valence-corrected chi connectivity index (χ2v) is 3.19. The number of ketones is 1. The van der Waals surface area contributed by atoms with Gasteiger partial charge in [0.15, 0.2) is 5.78 Å². The molecule has 0 saturated carbocycles. The maximum atomic E-state index is 11.6. The van der Waals surface area contributed by atoms with Crippen LogP contribution in [-0.4, -0.2) is 23.8 Å². The van der Waals surface area contributed by atoms with E-state index in [1.165, 1.54) is 13.3 Å². The summed E-state index contributed by atoms with van der Waals surface area (Å²) in [6.07, 6.45) is 3.43. The molecule has 4 heteroatoms. The Morgan fingerprint density at radius 1 is 1.40 bits per heavy atom. The SMILES string of the molecule is COC(=O)CCC(=O)c1cnccc1C. The van der Waals surface area contributed by atoms with Crippen molar-refractivity contribution in [2.24, 2.45) is 0 Å². The minimum atomic E-state index is -0.370. The predicted octanol–water partition coefficient (Wildman–Crippen LogP) is 1.53. The Bertz CT molecular complexity index is 374. The van der Waals surface area contributed by atoms with Crippen molar-refractivity contribution in [1.82, 2.24) is 4.98 Å². The third-order valence-electron chi connectivity index (χ3n) is 2.12. The van der Waals surface area contributed by atoms with Crippen molar-refractivity contribution >= 4 is 11.8 Å². The topological polar surface area (TPSA) is 56.3 Å². The maximum Gasteiger partial charge on any atom is 0.305 e. The molecule has 0 aliphatic carbocycles. The van der Waals surface area contributed by atoms with Crippen molar-refractivity contribution in [3.8, 4) is 0 Å².